The Hall–Kier alpha value is -1.12. The molecule has 0 amide bonds. The van der Waals surface area contributed by atoms with E-state index in [9.17, 15) is 9.59 Å². The molecule has 2 aliphatic carbocycles. The predicted octanol–water partition coefficient (Wildman–Crippen LogP) is 2.25. The van der Waals surface area contributed by atoms with E-state index >= 15 is 0 Å². The Morgan fingerprint density at radius 3 is 2.44 bits per heavy atom. The molecule has 2 aliphatic rings. The van der Waals surface area contributed by atoms with Gasteiger partial charge in [-0.1, -0.05) is 25.0 Å². The van der Waals surface area contributed by atoms with E-state index in [2.05, 4.69) is 13.8 Å². The highest BCUT2D eigenvalue weighted by Crippen LogP contribution is 2.52. The molecule has 0 aromatic rings. The Bertz CT molecular complexity index is 367. The zero-order chi connectivity index (χ0) is 11.9. The smallest absolute Gasteiger partial charge is 0.302 e. The van der Waals surface area contributed by atoms with Gasteiger partial charge in [0.25, 0.3) is 0 Å². The Morgan fingerprint density at radius 2 is 1.94 bits per heavy atom. The fourth-order valence-electron chi connectivity index (χ4n) is 3.26. The van der Waals surface area contributed by atoms with Gasteiger partial charge in [-0.05, 0) is 12.8 Å². The Balaban J connectivity index is 2.22. The van der Waals surface area contributed by atoms with Crippen LogP contribution in [0.15, 0.2) is 11.1 Å². The third-order valence-electron chi connectivity index (χ3n) is 3.78. The SMILES string of the molecule is CCC1=C(CC)[C@@H]2[C@H]1C(=O)C[C@H]2OC(C)=O. The van der Waals surface area contributed by atoms with Gasteiger partial charge in [0.1, 0.15) is 11.9 Å². The van der Waals surface area contributed by atoms with Gasteiger partial charge in [0.2, 0.25) is 0 Å². The molecular weight excluding hydrogens is 204 g/mol. The lowest BCUT2D eigenvalue weighted by molar-refractivity contribution is -0.147. The van der Waals surface area contributed by atoms with Crippen LogP contribution in [0.5, 0.6) is 0 Å². The van der Waals surface area contributed by atoms with E-state index in [1.807, 2.05) is 0 Å². The van der Waals surface area contributed by atoms with E-state index < -0.39 is 0 Å². The molecule has 0 aromatic heterocycles. The van der Waals surface area contributed by atoms with Crippen molar-refractivity contribution in [3.05, 3.63) is 11.1 Å². The van der Waals surface area contributed by atoms with Crippen molar-refractivity contribution in [3.8, 4) is 0 Å². The normalized spacial score (nSPS) is 32.4. The lowest BCUT2D eigenvalue weighted by atomic mass is 9.67. The summed E-state index contributed by atoms with van der Waals surface area (Å²) in [4.78, 5) is 22.8. The number of carbonyl (C=O) groups is 2. The van der Waals surface area contributed by atoms with Crippen molar-refractivity contribution in [2.45, 2.75) is 46.1 Å². The summed E-state index contributed by atoms with van der Waals surface area (Å²) < 4.78 is 5.25. The van der Waals surface area contributed by atoms with Gasteiger partial charge in [-0.3, -0.25) is 9.59 Å². The first-order chi connectivity index (χ1) is 7.60. The van der Waals surface area contributed by atoms with Gasteiger partial charge in [0.05, 0.1) is 0 Å². The van der Waals surface area contributed by atoms with Crippen LogP contribution in [0.4, 0.5) is 0 Å². The van der Waals surface area contributed by atoms with E-state index in [0.717, 1.165) is 12.8 Å². The largest absolute Gasteiger partial charge is 0.461 e. The molecule has 3 nitrogen and oxygen atoms in total. The second-order valence-electron chi connectivity index (χ2n) is 4.58. The highest BCUT2D eigenvalue weighted by Gasteiger charge is 2.53. The first kappa shape index (κ1) is 11.4. The van der Waals surface area contributed by atoms with E-state index in [1.54, 1.807) is 0 Å². The fraction of sp³-hybridized carbons (Fsp3) is 0.692. The number of rotatable bonds is 3. The molecule has 0 unspecified atom stereocenters. The maximum absolute atomic E-state index is 11.8. The van der Waals surface area contributed by atoms with Crippen molar-refractivity contribution in [2.24, 2.45) is 11.8 Å². The molecule has 2 rings (SSSR count). The number of carbonyl (C=O) groups excluding carboxylic acids is 2. The van der Waals surface area contributed by atoms with E-state index in [1.165, 1.54) is 18.1 Å². The minimum Gasteiger partial charge on any atom is -0.461 e. The summed E-state index contributed by atoms with van der Waals surface area (Å²) in [6.07, 6.45) is 2.13. The summed E-state index contributed by atoms with van der Waals surface area (Å²) in [6.45, 7) is 5.61. The first-order valence-electron chi connectivity index (χ1n) is 6.01. The molecule has 1 fully saturated rings. The number of ketones is 1. The third-order valence-corrected chi connectivity index (χ3v) is 3.78. The van der Waals surface area contributed by atoms with Gasteiger partial charge in [0.15, 0.2) is 0 Å². The minimum absolute atomic E-state index is 0.0595. The molecule has 0 saturated heterocycles. The maximum Gasteiger partial charge on any atom is 0.302 e. The van der Waals surface area contributed by atoms with Gasteiger partial charge >= 0.3 is 5.97 Å². The van der Waals surface area contributed by atoms with Crippen LogP contribution >= 0.6 is 0 Å². The number of hydrogen-bond acceptors (Lipinski definition) is 3. The van der Waals surface area contributed by atoms with Crippen LogP contribution in [0.25, 0.3) is 0 Å². The summed E-state index contributed by atoms with van der Waals surface area (Å²) >= 11 is 0. The maximum atomic E-state index is 11.8. The number of fused-ring (bicyclic) bond motifs is 1. The van der Waals surface area contributed by atoms with Gasteiger partial charge in [-0.15, -0.1) is 0 Å². The van der Waals surface area contributed by atoms with Crippen LogP contribution in [-0.2, 0) is 14.3 Å². The quantitative estimate of drug-likeness (QED) is 0.543. The lowest BCUT2D eigenvalue weighted by Crippen LogP contribution is -2.36. The van der Waals surface area contributed by atoms with Crippen LogP contribution in [-0.4, -0.2) is 17.9 Å². The molecule has 0 heterocycles. The molecule has 3 atom stereocenters. The predicted molar refractivity (Wildman–Crippen MR) is 59.8 cm³/mol. The van der Waals surface area contributed by atoms with Gasteiger partial charge in [-0.25, -0.2) is 0 Å². The molecule has 3 heteroatoms. The van der Waals surface area contributed by atoms with Crippen molar-refractivity contribution in [1.29, 1.82) is 0 Å². The molecule has 0 aliphatic heterocycles. The molecule has 16 heavy (non-hydrogen) atoms. The average Bonchev–Trinajstić information content (AvgIpc) is 2.39. The summed E-state index contributed by atoms with van der Waals surface area (Å²) in [6, 6.07) is 0. The fourth-order valence-corrected chi connectivity index (χ4v) is 3.26. The second-order valence-corrected chi connectivity index (χ2v) is 4.58. The van der Waals surface area contributed by atoms with Crippen LogP contribution in [0, 0.1) is 11.8 Å². The topological polar surface area (TPSA) is 43.4 Å². The zero-order valence-corrected chi connectivity index (χ0v) is 10.1. The lowest BCUT2D eigenvalue weighted by Gasteiger charge is -2.38. The molecule has 0 spiro atoms. The molecule has 1 saturated carbocycles. The summed E-state index contributed by atoms with van der Waals surface area (Å²) in [5.41, 5.74) is 2.65. The molecular formula is C13H18O3. The number of allylic oxidation sites excluding steroid dienone is 1. The second kappa shape index (κ2) is 4.04. The summed E-state index contributed by atoms with van der Waals surface area (Å²) in [5, 5.41) is 0. The zero-order valence-electron chi connectivity index (χ0n) is 10.1. The van der Waals surface area contributed by atoms with Crippen molar-refractivity contribution >= 4 is 11.8 Å². The standard InChI is InChI=1S/C13H18O3/c1-4-8-9(5-2)13-11(16-7(3)14)6-10(15)12(8)13/h11-13H,4-6H2,1-3H3/t11-,12-,13+/m1/s1. The van der Waals surface area contributed by atoms with Crippen molar-refractivity contribution in [1.82, 2.24) is 0 Å². The molecule has 0 bridgehead atoms. The van der Waals surface area contributed by atoms with Gasteiger partial charge < -0.3 is 4.74 Å². The Kier molecular flexibility index (Phi) is 2.87. The number of esters is 1. The van der Waals surface area contributed by atoms with E-state index in [0.29, 0.717) is 6.42 Å². The minimum atomic E-state index is -0.279. The Labute approximate surface area is 95.9 Å². The molecule has 88 valence electrons. The van der Waals surface area contributed by atoms with E-state index in [-0.39, 0.29) is 29.7 Å². The first-order valence-corrected chi connectivity index (χ1v) is 6.01. The molecule has 0 aromatic carbocycles. The van der Waals surface area contributed by atoms with Crippen molar-refractivity contribution in [3.63, 3.8) is 0 Å². The Morgan fingerprint density at radius 1 is 1.31 bits per heavy atom. The number of hydrogen-bond donors (Lipinski definition) is 0. The van der Waals surface area contributed by atoms with Crippen molar-refractivity contribution < 1.29 is 14.3 Å². The van der Waals surface area contributed by atoms with Gasteiger partial charge in [0, 0.05) is 25.2 Å². The highest BCUT2D eigenvalue weighted by molar-refractivity contribution is 5.90. The highest BCUT2D eigenvalue weighted by atomic mass is 16.5. The van der Waals surface area contributed by atoms with Crippen LogP contribution in [0.2, 0.25) is 0 Å². The van der Waals surface area contributed by atoms with Crippen molar-refractivity contribution in [2.75, 3.05) is 0 Å². The molecule has 0 radical (unpaired) electrons. The summed E-state index contributed by atoms with van der Waals surface area (Å²) in [5.74, 6) is 0.227. The monoisotopic (exact) mass is 222 g/mol. The van der Waals surface area contributed by atoms with Crippen LogP contribution in [0.1, 0.15) is 40.0 Å². The number of ether oxygens (including phenoxy) is 1. The van der Waals surface area contributed by atoms with Gasteiger partial charge in [-0.2, -0.15) is 0 Å². The third kappa shape index (κ3) is 1.49. The van der Waals surface area contributed by atoms with E-state index in [4.69, 9.17) is 4.74 Å². The average molecular weight is 222 g/mol. The summed E-state index contributed by atoms with van der Waals surface area (Å²) in [7, 11) is 0. The molecule has 0 N–H and O–H groups in total. The van der Waals surface area contributed by atoms with Crippen LogP contribution in [0.3, 0.4) is 0 Å². The number of Topliss-reactive ketones (excluding diaryl/α,β-unsaturated/α-hetero) is 1. The van der Waals surface area contributed by atoms with Crippen LogP contribution < -0.4 is 0 Å².